The van der Waals surface area contributed by atoms with E-state index in [2.05, 4.69) is 38.1 Å². The lowest BCUT2D eigenvalue weighted by molar-refractivity contribution is -0.125. The van der Waals surface area contributed by atoms with Crippen molar-refractivity contribution in [1.29, 1.82) is 0 Å². The van der Waals surface area contributed by atoms with Gasteiger partial charge in [0.15, 0.2) is 0 Å². The van der Waals surface area contributed by atoms with Crippen LogP contribution in [0.4, 0.5) is 0 Å². The molecule has 1 fully saturated rings. The van der Waals surface area contributed by atoms with Gasteiger partial charge >= 0.3 is 0 Å². The molecule has 9 N–H and O–H groups in total. The van der Waals surface area contributed by atoms with Gasteiger partial charge in [-0.1, -0.05) is 0 Å². The highest BCUT2D eigenvalue weighted by Gasteiger charge is 2.07. The van der Waals surface area contributed by atoms with E-state index >= 15 is 0 Å². The summed E-state index contributed by atoms with van der Waals surface area (Å²) < 4.78 is 0. The van der Waals surface area contributed by atoms with Crippen LogP contribution in [0.15, 0.2) is 0 Å². The van der Waals surface area contributed by atoms with Crippen LogP contribution in [0.5, 0.6) is 0 Å². The molecule has 0 atom stereocenters. The fourth-order valence-electron chi connectivity index (χ4n) is 0.954. The van der Waals surface area contributed by atoms with Crippen molar-refractivity contribution < 1.29 is 14.4 Å². The first kappa shape index (κ1) is 40.1. The van der Waals surface area contributed by atoms with Gasteiger partial charge in [0.25, 0.3) is 0 Å². The van der Waals surface area contributed by atoms with Crippen LogP contribution in [-0.4, -0.2) is 79.6 Å². The van der Waals surface area contributed by atoms with Crippen molar-refractivity contribution in [3.63, 3.8) is 0 Å². The lowest BCUT2D eigenvalue weighted by Crippen LogP contribution is -2.37. The maximum Gasteiger partial charge on any atom is 0.221 e. The molecule has 0 spiro atoms. The van der Waals surface area contributed by atoms with E-state index in [-0.39, 0.29) is 32.6 Å². The van der Waals surface area contributed by atoms with E-state index in [9.17, 15) is 14.4 Å². The first-order chi connectivity index (χ1) is 12.0. The minimum absolute atomic E-state index is 0. The highest BCUT2D eigenvalue weighted by molar-refractivity contribution is 5.81. The second-order valence-corrected chi connectivity index (χ2v) is 4.15. The zero-order valence-corrected chi connectivity index (χ0v) is 18.6. The molecule has 0 aromatic heterocycles. The number of carbonyl (C=O) groups is 3. The molecule has 1 aliphatic heterocycles. The van der Waals surface area contributed by atoms with Crippen LogP contribution in [-0.2, 0) is 14.4 Å². The van der Waals surface area contributed by atoms with Gasteiger partial charge in [0.1, 0.15) is 0 Å². The van der Waals surface area contributed by atoms with Crippen molar-refractivity contribution in [2.45, 2.75) is 19.3 Å². The fraction of sp³-hybridized carbons (Fsp3) is 0.706. The smallest absolute Gasteiger partial charge is 0.221 e. The summed E-state index contributed by atoms with van der Waals surface area (Å²) in [5, 5.41) is 13.4. The quantitative estimate of drug-likeness (QED) is 0.207. The normalized spacial score (nSPS) is 9.41. The molecule has 27 heavy (non-hydrogen) atoms. The molecule has 0 aromatic rings. The minimum atomic E-state index is 0. The number of nitrogens with one attached hydrogen (secondary N) is 5. The Morgan fingerprint density at radius 3 is 1.22 bits per heavy atom. The van der Waals surface area contributed by atoms with Crippen LogP contribution >= 0.6 is 0 Å². The van der Waals surface area contributed by atoms with Crippen molar-refractivity contribution in [3.8, 4) is 0 Å². The van der Waals surface area contributed by atoms with E-state index < -0.39 is 0 Å². The maximum atomic E-state index is 10.4. The van der Waals surface area contributed by atoms with Crippen molar-refractivity contribution >= 4 is 17.7 Å². The lowest BCUT2D eigenvalue weighted by Gasteiger charge is -2.10. The predicted octanol–water partition coefficient (Wildman–Crippen LogP) is -1.76. The Morgan fingerprint density at radius 1 is 0.852 bits per heavy atom. The Balaban J connectivity index is -0.0000000548. The average Bonchev–Trinajstić information content (AvgIpc) is 2.66. The zero-order chi connectivity index (χ0) is 20.5. The first-order valence-electron chi connectivity index (χ1n) is 8.14. The average molecular weight is 396 g/mol. The van der Waals surface area contributed by atoms with Gasteiger partial charge in [-0.25, -0.2) is 0 Å². The van der Waals surface area contributed by atoms with Gasteiger partial charge in [0.05, 0.1) is 0 Å². The Bertz CT molecular complexity index is 278. The molecule has 0 saturated carbocycles. The van der Waals surface area contributed by atoms with Crippen LogP contribution in [0.25, 0.3) is 0 Å². The summed E-state index contributed by atoms with van der Waals surface area (Å²) in [5.74, 6) is 0.351. The van der Waals surface area contributed by atoms with E-state index in [1.54, 1.807) is 14.1 Å². The minimum Gasteiger partial charge on any atom is -0.359 e. The molecule has 0 aromatic carbocycles. The SMILES string of the molecule is CN.CN.CNCCC(=O)NC.CNCCC(=O)NC.O=C1CCN1.[CH3-].[CH3-]. The topological polar surface area (TPSA) is 163 Å². The molecule has 0 aliphatic carbocycles. The van der Waals surface area contributed by atoms with Crippen molar-refractivity contribution in [1.82, 2.24) is 26.6 Å². The third-order valence-corrected chi connectivity index (χ3v) is 2.44. The van der Waals surface area contributed by atoms with Gasteiger partial charge in [-0.05, 0) is 28.2 Å². The highest BCUT2D eigenvalue weighted by atomic mass is 16.2. The van der Waals surface area contributed by atoms with E-state index in [1.165, 1.54) is 14.1 Å². The van der Waals surface area contributed by atoms with Crippen molar-refractivity contribution in [3.05, 3.63) is 14.9 Å². The molecule has 10 nitrogen and oxygen atoms in total. The van der Waals surface area contributed by atoms with Crippen molar-refractivity contribution in [2.24, 2.45) is 11.5 Å². The molecule has 1 heterocycles. The summed E-state index contributed by atoms with van der Waals surface area (Å²) in [6.07, 6.45) is 1.86. The van der Waals surface area contributed by atoms with E-state index in [4.69, 9.17) is 0 Å². The summed E-state index contributed by atoms with van der Waals surface area (Å²) in [6.45, 7) is 2.39. The van der Waals surface area contributed by atoms with Crippen LogP contribution in [0.3, 0.4) is 0 Å². The third-order valence-electron chi connectivity index (χ3n) is 2.44. The van der Waals surface area contributed by atoms with Gasteiger partial charge in [-0.3, -0.25) is 14.4 Å². The fourth-order valence-corrected chi connectivity index (χ4v) is 0.954. The second-order valence-electron chi connectivity index (χ2n) is 4.15. The van der Waals surface area contributed by atoms with Gasteiger partial charge in [-0.2, -0.15) is 0 Å². The Hall–Kier alpha value is -1.75. The number of nitrogens with two attached hydrogens (primary N) is 2. The molecule has 10 heteroatoms. The summed E-state index contributed by atoms with van der Waals surface area (Å²) in [4.78, 5) is 30.6. The molecule has 0 unspecified atom stereocenters. The molecule has 1 aliphatic rings. The van der Waals surface area contributed by atoms with Crippen LogP contribution in [0.2, 0.25) is 0 Å². The van der Waals surface area contributed by atoms with Crippen LogP contribution in [0, 0.1) is 14.9 Å². The summed E-state index contributed by atoms with van der Waals surface area (Å²) in [5.41, 5.74) is 9.00. The maximum absolute atomic E-state index is 10.4. The highest BCUT2D eigenvalue weighted by Crippen LogP contribution is 1.85. The van der Waals surface area contributed by atoms with Gasteiger partial charge in [-0.15, -0.1) is 0 Å². The number of β-lactam (4-membered cyclic amide) rings is 1. The van der Waals surface area contributed by atoms with E-state index in [0.717, 1.165) is 26.1 Å². The Morgan fingerprint density at radius 2 is 1.11 bits per heavy atom. The largest absolute Gasteiger partial charge is 0.359 e. The Labute approximate surface area is 167 Å². The molecule has 1 saturated heterocycles. The number of hydrogen-bond acceptors (Lipinski definition) is 7. The number of rotatable bonds is 6. The van der Waals surface area contributed by atoms with Crippen LogP contribution < -0.4 is 38.1 Å². The van der Waals surface area contributed by atoms with E-state index in [1.807, 2.05) is 14.1 Å². The summed E-state index contributed by atoms with van der Waals surface area (Å²) in [6, 6.07) is 0. The molecule has 168 valence electrons. The molecular formula is C17H45N7O3-2. The molecular weight excluding hydrogens is 350 g/mol. The standard InChI is InChI=1S/2C5H12N2O.C3H5NO.2CH5N.2CH3/c2*1-6-4-3-5(8)7-2;5-3-1-2-4-3;2*1-2;;/h2*6H,3-4H2,1-2H3,(H,7,8);1-2H2,(H,4,5);2*2H2,1H3;2*1H3/q;;;;;2*-1. The van der Waals surface area contributed by atoms with Gasteiger partial charge in [0.2, 0.25) is 17.7 Å². The number of amides is 3. The predicted molar refractivity (Wildman–Crippen MR) is 116 cm³/mol. The van der Waals surface area contributed by atoms with Crippen molar-refractivity contribution in [2.75, 3.05) is 61.9 Å². The first-order valence-corrected chi connectivity index (χ1v) is 8.14. The third kappa shape index (κ3) is 45.5. The number of hydrogen-bond donors (Lipinski definition) is 7. The molecule has 0 bridgehead atoms. The van der Waals surface area contributed by atoms with Crippen LogP contribution in [0.1, 0.15) is 19.3 Å². The number of carbonyl (C=O) groups excluding carboxylic acids is 3. The molecule has 3 amide bonds. The lowest BCUT2D eigenvalue weighted by atomic mass is 10.3. The summed E-state index contributed by atoms with van der Waals surface area (Å²) in [7, 11) is 9.92. The van der Waals surface area contributed by atoms with Gasteiger partial charge < -0.3 is 52.9 Å². The second kappa shape index (κ2) is 39.4. The zero-order valence-electron chi connectivity index (χ0n) is 18.6. The summed E-state index contributed by atoms with van der Waals surface area (Å²) >= 11 is 0. The monoisotopic (exact) mass is 395 g/mol. The molecule has 1 rings (SSSR count). The van der Waals surface area contributed by atoms with Gasteiger partial charge in [0, 0.05) is 53.0 Å². The Kier molecular flexibility index (Phi) is 58.4. The van der Waals surface area contributed by atoms with E-state index in [0.29, 0.717) is 12.8 Å². The molecule has 0 radical (unpaired) electrons.